The summed E-state index contributed by atoms with van der Waals surface area (Å²) in [7, 11) is 2.94. The normalized spacial score (nSPS) is 23.1. The van der Waals surface area contributed by atoms with Crippen molar-refractivity contribution in [3.05, 3.63) is 23.8 Å². The van der Waals surface area contributed by atoms with Crippen LogP contribution in [0.3, 0.4) is 0 Å². The van der Waals surface area contributed by atoms with E-state index in [2.05, 4.69) is 0 Å². The highest BCUT2D eigenvalue weighted by atomic mass is 16.5. The van der Waals surface area contributed by atoms with Crippen LogP contribution in [-0.4, -0.2) is 50.3 Å². The van der Waals surface area contributed by atoms with Gasteiger partial charge in [-0.25, -0.2) is 4.79 Å². The van der Waals surface area contributed by atoms with E-state index in [9.17, 15) is 9.59 Å². The third kappa shape index (κ3) is 3.71. The van der Waals surface area contributed by atoms with Gasteiger partial charge in [0, 0.05) is 19.0 Å². The summed E-state index contributed by atoms with van der Waals surface area (Å²) in [6.45, 7) is 0.646. The highest BCUT2D eigenvalue weighted by Gasteiger charge is 2.40. The van der Waals surface area contributed by atoms with E-state index < -0.39 is 17.9 Å². The van der Waals surface area contributed by atoms with Crippen molar-refractivity contribution in [1.82, 2.24) is 4.90 Å². The van der Waals surface area contributed by atoms with Crippen LogP contribution >= 0.6 is 0 Å². The minimum absolute atomic E-state index is 0.191. The number of hydrogen-bond acceptors (Lipinski definition) is 5. The number of rotatable bonds is 5. The molecule has 3 rings (SSSR count). The van der Waals surface area contributed by atoms with Gasteiger partial charge in [0.15, 0.2) is 11.5 Å². The zero-order chi connectivity index (χ0) is 18.7. The van der Waals surface area contributed by atoms with E-state index in [-0.39, 0.29) is 18.6 Å². The number of likely N-dealkylation sites (tertiary alicyclic amines) is 1. The van der Waals surface area contributed by atoms with Crippen molar-refractivity contribution in [2.45, 2.75) is 37.7 Å². The quantitative estimate of drug-likeness (QED) is 0.868. The molecule has 1 aromatic carbocycles. The molecule has 26 heavy (non-hydrogen) atoms. The Morgan fingerprint density at radius 3 is 2.46 bits per heavy atom. The number of carbonyl (C=O) groups is 2. The maximum absolute atomic E-state index is 11.9. The van der Waals surface area contributed by atoms with Crippen molar-refractivity contribution < 1.29 is 23.8 Å². The van der Waals surface area contributed by atoms with Gasteiger partial charge in [-0.05, 0) is 43.4 Å². The van der Waals surface area contributed by atoms with Crippen molar-refractivity contribution in [3.8, 4) is 11.5 Å². The van der Waals surface area contributed by atoms with E-state index in [1.165, 1.54) is 24.9 Å². The molecule has 2 amide bonds. The molecule has 2 aliphatic rings. The molecule has 1 saturated carbocycles. The second kappa shape index (κ2) is 7.85. The van der Waals surface area contributed by atoms with Gasteiger partial charge >= 0.3 is 6.09 Å². The minimum Gasteiger partial charge on any atom is -0.493 e. The molecule has 7 heteroatoms. The average Bonchev–Trinajstić information content (AvgIpc) is 3.30. The lowest BCUT2D eigenvalue weighted by Crippen LogP contribution is -2.31. The molecule has 0 bridgehead atoms. The molecule has 0 aromatic heterocycles. The monoisotopic (exact) mass is 362 g/mol. The predicted molar refractivity (Wildman–Crippen MR) is 95.3 cm³/mol. The molecule has 1 aliphatic carbocycles. The van der Waals surface area contributed by atoms with Gasteiger partial charge in [-0.15, -0.1) is 0 Å². The first-order valence-electron chi connectivity index (χ1n) is 9.00. The molecule has 2 N–H and O–H groups in total. The van der Waals surface area contributed by atoms with Crippen molar-refractivity contribution in [2.24, 2.45) is 11.7 Å². The molecule has 2 atom stereocenters. The summed E-state index contributed by atoms with van der Waals surface area (Å²) in [5.41, 5.74) is 6.49. The van der Waals surface area contributed by atoms with E-state index in [1.807, 2.05) is 18.2 Å². The van der Waals surface area contributed by atoms with Gasteiger partial charge in [-0.2, -0.15) is 0 Å². The summed E-state index contributed by atoms with van der Waals surface area (Å²) in [4.78, 5) is 25.3. The Bertz CT molecular complexity index is 672. The number of amides is 2. The molecule has 142 valence electrons. The van der Waals surface area contributed by atoms with Gasteiger partial charge in [-0.3, -0.25) is 4.79 Å². The van der Waals surface area contributed by atoms with Crippen molar-refractivity contribution in [2.75, 3.05) is 27.3 Å². The molecule has 1 saturated heterocycles. The second-order valence-electron chi connectivity index (χ2n) is 6.92. The molecule has 0 spiro atoms. The predicted octanol–water partition coefficient (Wildman–Crippen LogP) is 2.28. The molecule has 7 nitrogen and oxygen atoms in total. The Balaban J connectivity index is 1.86. The molecule has 0 unspecified atom stereocenters. The second-order valence-corrected chi connectivity index (χ2v) is 6.92. The summed E-state index contributed by atoms with van der Waals surface area (Å²) in [6.07, 6.45) is 4.17. The number of carbonyl (C=O) groups excluding carboxylic acids is 2. The molecule has 1 aromatic rings. The average molecular weight is 362 g/mol. The number of primary amides is 1. The molecule has 0 radical (unpaired) electrons. The molecular formula is C19H26N2O5. The highest BCUT2D eigenvalue weighted by Crippen LogP contribution is 2.38. The van der Waals surface area contributed by atoms with Gasteiger partial charge in [0.1, 0.15) is 0 Å². The molecule has 1 heterocycles. The van der Waals surface area contributed by atoms with E-state index >= 15 is 0 Å². The van der Waals surface area contributed by atoms with Gasteiger partial charge in [0.2, 0.25) is 5.91 Å². The van der Waals surface area contributed by atoms with Gasteiger partial charge < -0.3 is 24.8 Å². The Kier molecular flexibility index (Phi) is 5.54. The van der Waals surface area contributed by atoms with Crippen LogP contribution in [0.2, 0.25) is 0 Å². The maximum Gasteiger partial charge on any atom is 0.409 e. The van der Waals surface area contributed by atoms with Crippen LogP contribution in [-0.2, 0) is 9.53 Å². The van der Waals surface area contributed by atoms with Crippen LogP contribution in [0.5, 0.6) is 11.5 Å². The van der Waals surface area contributed by atoms with E-state index in [0.29, 0.717) is 18.0 Å². The number of benzene rings is 1. The fraction of sp³-hybridized carbons (Fsp3) is 0.579. The van der Waals surface area contributed by atoms with Gasteiger partial charge in [0.25, 0.3) is 0 Å². The van der Waals surface area contributed by atoms with Crippen molar-refractivity contribution in [3.63, 3.8) is 0 Å². The molecule has 2 fully saturated rings. The Morgan fingerprint density at radius 2 is 1.85 bits per heavy atom. The summed E-state index contributed by atoms with van der Waals surface area (Å²) in [5.74, 6) is 0.275. The summed E-state index contributed by atoms with van der Waals surface area (Å²) in [6, 6.07) is 5.67. The minimum atomic E-state index is -0.457. The number of hydrogen-bond donors (Lipinski definition) is 1. The third-order valence-electron chi connectivity index (χ3n) is 5.33. The SMILES string of the molecule is COC(=O)N1C[C@@H](C(N)=O)[C@H](c2ccc(OC)c(OC3CCCC3)c2)C1. The summed E-state index contributed by atoms with van der Waals surface area (Å²) in [5, 5.41) is 0. The van der Waals surface area contributed by atoms with E-state index in [1.54, 1.807) is 7.11 Å². The molecular weight excluding hydrogens is 336 g/mol. The summed E-state index contributed by atoms with van der Waals surface area (Å²) >= 11 is 0. The lowest BCUT2D eigenvalue weighted by atomic mass is 9.88. The number of methoxy groups -OCH3 is 2. The smallest absolute Gasteiger partial charge is 0.409 e. The van der Waals surface area contributed by atoms with Crippen LogP contribution in [0.4, 0.5) is 4.79 Å². The number of ether oxygens (including phenoxy) is 3. The largest absolute Gasteiger partial charge is 0.493 e. The molecule has 1 aliphatic heterocycles. The Labute approximate surface area is 153 Å². The van der Waals surface area contributed by atoms with Gasteiger partial charge in [0.05, 0.1) is 26.2 Å². The zero-order valence-corrected chi connectivity index (χ0v) is 15.3. The topological polar surface area (TPSA) is 91.1 Å². The van der Waals surface area contributed by atoms with Gasteiger partial charge in [-0.1, -0.05) is 6.07 Å². The maximum atomic E-state index is 11.9. The van der Waals surface area contributed by atoms with Crippen molar-refractivity contribution in [1.29, 1.82) is 0 Å². The number of nitrogens with two attached hydrogens (primary N) is 1. The fourth-order valence-electron chi connectivity index (χ4n) is 3.91. The Hall–Kier alpha value is -2.44. The third-order valence-corrected chi connectivity index (χ3v) is 5.33. The first-order chi connectivity index (χ1) is 12.5. The number of nitrogens with zero attached hydrogens (tertiary/aromatic N) is 1. The van der Waals surface area contributed by atoms with Crippen molar-refractivity contribution >= 4 is 12.0 Å². The summed E-state index contributed by atoms with van der Waals surface area (Å²) < 4.78 is 16.4. The van der Waals surface area contributed by atoms with E-state index in [0.717, 1.165) is 18.4 Å². The highest BCUT2D eigenvalue weighted by molar-refractivity contribution is 5.80. The lowest BCUT2D eigenvalue weighted by Gasteiger charge is -2.20. The Morgan fingerprint density at radius 1 is 1.12 bits per heavy atom. The van der Waals surface area contributed by atoms with E-state index in [4.69, 9.17) is 19.9 Å². The zero-order valence-electron chi connectivity index (χ0n) is 15.3. The standard InChI is InChI=1S/C19H26N2O5/c1-24-16-8-7-12(9-17(16)26-13-5-3-4-6-13)14-10-21(19(23)25-2)11-15(14)18(20)22/h7-9,13-15H,3-6,10-11H2,1-2H3,(H2,20,22)/t14-,15+/m0/s1. The van der Waals surface area contributed by atoms with Crippen LogP contribution in [0.15, 0.2) is 18.2 Å². The first kappa shape index (κ1) is 18.4. The first-order valence-corrected chi connectivity index (χ1v) is 9.00. The fourth-order valence-corrected chi connectivity index (χ4v) is 3.91. The van der Waals surface area contributed by atoms with Crippen LogP contribution in [0.25, 0.3) is 0 Å². The van der Waals surface area contributed by atoms with Crippen LogP contribution in [0, 0.1) is 5.92 Å². The van der Waals surface area contributed by atoms with Crippen LogP contribution < -0.4 is 15.2 Å². The van der Waals surface area contributed by atoms with Crippen LogP contribution in [0.1, 0.15) is 37.2 Å². The lowest BCUT2D eigenvalue weighted by molar-refractivity contribution is -0.121.